The average Bonchev–Trinajstić information content (AvgIpc) is 3.05. The number of para-hydroxylation sites is 1. The summed E-state index contributed by atoms with van der Waals surface area (Å²) in [6.07, 6.45) is 4.30. The number of ether oxygens (including phenoxy) is 2. The van der Waals surface area contributed by atoms with Gasteiger partial charge in [-0.25, -0.2) is 4.79 Å². The SMILES string of the molecule is CC=CC(=O)N(CCCOc1ccc(C[C@H](Nc2ccccc2C(=O)c2ccccc2)C(=O)OC)cc1)c1cccc(C)c1. The highest BCUT2D eigenvalue weighted by Gasteiger charge is 2.23. The lowest BCUT2D eigenvalue weighted by molar-refractivity contribution is -0.141. The summed E-state index contributed by atoms with van der Waals surface area (Å²) in [7, 11) is 1.35. The van der Waals surface area contributed by atoms with Gasteiger partial charge in [0.1, 0.15) is 11.8 Å². The Hall–Kier alpha value is -5.17. The molecule has 0 bridgehead atoms. The molecule has 0 aliphatic rings. The first-order chi connectivity index (χ1) is 21.4. The van der Waals surface area contributed by atoms with Gasteiger partial charge in [0.15, 0.2) is 5.78 Å². The van der Waals surface area contributed by atoms with Crippen LogP contribution in [0.2, 0.25) is 0 Å². The van der Waals surface area contributed by atoms with Crippen molar-refractivity contribution >= 4 is 29.0 Å². The number of ketones is 1. The van der Waals surface area contributed by atoms with Gasteiger partial charge in [-0.1, -0.05) is 72.8 Å². The Bertz CT molecular complexity index is 1580. The quantitative estimate of drug-likeness (QED) is 0.0753. The molecular weight excluding hydrogens is 552 g/mol. The van der Waals surface area contributed by atoms with Crippen molar-refractivity contribution < 1.29 is 23.9 Å². The molecule has 0 aliphatic heterocycles. The molecule has 44 heavy (non-hydrogen) atoms. The number of carbonyl (C=O) groups excluding carboxylic acids is 3. The Morgan fingerprint density at radius 3 is 2.32 bits per heavy atom. The molecule has 4 aromatic carbocycles. The number of rotatable bonds is 14. The predicted octanol–water partition coefficient (Wildman–Crippen LogP) is 6.80. The zero-order valence-corrected chi connectivity index (χ0v) is 25.4. The van der Waals surface area contributed by atoms with Crippen molar-refractivity contribution in [2.24, 2.45) is 0 Å². The van der Waals surface area contributed by atoms with Gasteiger partial charge in [0.25, 0.3) is 5.91 Å². The first kappa shape index (κ1) is 31.8. The van der Waals surface area contributed by atoms with Gasteiger partial charge in [0, 0.05) is 35.5 Å². The third kappa shape index (κ3) is 8.67. The van der Waals surface area contributed by atoms with E-state index in [9.17, 15) is 14.4 Å². The molecule has 0 aromatic heterocycles. The monoisotopic (exact) mass is 590 g/mol. The Balaban J connectivity index is 1.37. The van der Waals surface area contributed by atoms with E-state index in [1.165, 1.54) is 7.11 Å². The molecule has 7 heteroatoms. The van der Waals surface area contributed by atoms with E-state index in [4.69, 9.17) is 9.47 Å². The molecule has 0 saturated heterocycles. The van der Waals surface area contributed by atoms with Crippen LogP contribution in [-0.2, 0) is 20.7 Å². The van der Waals surface area contributed by atoms with Crippen LogP contribution in [-0.4, -0.2) is 44.0 Å². The first-order valence-electron chi connectivity index (χ1n) is 14.7. The van der Waals surface area contributed by atoms with Crippen LogP contribution in [0.25, 0.3) is 0 Å². The largest absolute Gasteiger partial charge is 0.494 e. The minimum atomic E-state index is -0.709. The number of carbonyl (C=O) groups is 3. The highest BCUT2D eigenvalue weighted by atomic mass is 16.5. The van der Waals surface area contributed by atoms with Crippen LogP contribution in [0.5, 0.6) is 5.75 Å². The zero-order chi connectivity index (χ0) is 31.3. The van der Waals surface area contributed by atoms with Crippen molar-refractivity contribution in [1.82, 2.24) is 0 Å². The number of benzene rings is 4. The highest BCUT2D eigenvalue weighted by Crippen LogP contribution is 2.23. The minimum absolute atomic E-state index is 0.0664. The van der Waals surface area contributed by atoms with Crippen molar-refractivity contribution in [3.8, 4) is 5.75 Å². The van der Waals surface area contributed by atoms with Crippen molar-refractivity contribution in [2.45, 2.75) is 32.7 Å². The van der Waals surface area contributed by atoms with E-state index in [1.54, 1.807) is 47.4 Å². The third-order valence-electron chi connectivity index (χ3n) is 7.07. The summed E-state index contributed by atoms with van der Waals surface area (Å²) in [5.74, 6) is 0.0604. The normalized spacial score (nSPS) is 11.5. The molecule has 4 aromatic rings. The number of amides is 1. The minimum Gasteiger partial charge on any atom is -0.494 e. The van der Waals surface area contributed by atoms with E-state index < -0.39 is 12.0 Å². The molecule has 0 aliphatic carbocycles. The molecule has 4 rings (SSSR count). The molecule has 0 unspecified atom stereocenters. The number of hydrogen-bond acceptors (Lipinski definition) is 6. The second-order valence-electron chi connectivity index (χ2n) is 10.3. The van der Waals surface area contributed by atoms with Gasteiger partial charge in [-0.05, 0) is 73.9 Å². The average molecular weight is 591 g/mol. The molecule has 0 saturated carbocycles. The van der Waals surface area contributed by atoms with Crippen molar-refractivity contribution in [2.75, 3.05) is 30.5 Å². The number of nitrogens with zero attached hydrogens (tertiary/aromatic N) is 1. The van der Waals surface area contributed by atoms with Gasteiger partial charge in [-0.2, -0.15) is 0 Å². The molecule has 0 heterocycles. The first-order valence-corrected chi connectivity index (χ1v) is 14.7. The van der Waals surface area contributed by atoms with E-state index in [-0.39, 0.29) is 11.7 Å². The van der Waals surface area contributed by atoms with Gasteiger partial charge in [0.05, 0.1) is 13.7 Å². The van der Waals surface area contributed by atoms with Crippen molar-refractivity contribution in [1.29, 1.82) is 0 Å². The maximum Gasteiger partial charge on any atom is 0.328 e. The number of esters is 1. The highest BCUT2D eigenvalue weighted by molar-refractivity contribution is 6.12. The summed E-state index contributed by atoms with van der Waals surface area (Å²) in [4.78, 5) is 40.4. The zero-order valence-electron chi connectivity index (χ0n) is 25.4. The summed E-state index contributed by atoms with van der Waals surface area (Å²) < 4.78 is 11.0. The number of allylic oxidation sites excluding steroid dienone is 1. The Morgan fingerprint density at radius 2 is 1.61 bits per heavy atom. The molecule has 0 fully saturated rings. The van der Waals surface area contributed by atoms with Gasteiger partial charge < -0.3 is 19.7 Å². The maximum atomic E-state index is 13.2. The van der Waals surface area contributed by atoms with Gasteiger partial charge in [0.2, 0.25) is 0 Å². The fourth-order valence-electron chi connectivity index (χ4n) is 4.84. The van der Waals surface area contributed by atoms with Crippen LogP contribution in [0.1, 0.15) is 40.4 Å². The van der Waals surface area contributed by atoms with Crippen molar-refractivity contribution in [3.63, 3.8) is 0 Å². The van der Waals surface area contributed by atoms with Crippen molar-refractivity contribution in [3.05, 3.63) is 138 Å². The van der Waals surface area contributed by atoms with Gasteiger partial charge >= 0.3 is 5.97 Å². The molecule has 226 valence electrons. The van der Waals surface area contributed by atoms with Crippen LogP contribution in [0.4, 0.5) is 11.4 Å². The topological polar surface area (TPSA) is 84.9 Å². The molecule has 0 radical (unpaired) electrons. The lowest BCUT2D eigenvalue weighted by atomic mass is 10.00. The van der Waals surface area contributed by atoms with Crippen LogP contribution >= 0.6 is 0 Å². The standard InChI is InChI=1S/C37H38N2O5/c1-4-12-35(40)39(30-16-10-13-27(2)25-30)23-11-24-44-31-21-19-28(20-22-31)26-34(37(42)43-3)38-33-18-9-8-17-32(33)36(41)29-14-6-5-7-15-29/h4-10,12-22,25,34,38H,11,23-24,26H2,1-3H3/t34-/m0/s1. The van der Waals surface area contributed by atoms with E-state index in [0.29, 0.717) is 48.6 Å². The van der Waals surface area contributed by atoms with Crippen LogP contribution < -0.4 is 15.0 Å². The Kier molecular flexibility index (Phi) is 11.5. The fourth-order valence-corrected chi connectivity index (χ4v) is 4.84. The van der Waals surface area contributed by atoms with E-state index >= 15 is 0 Å². The Labute approximate surface area is 259 Å². The van der Waals surface area contributed by atoms with E-state index in [1.807, 2.05) is 86.6 Å². The second-order valence-corrected chi connectivity index (χ2v) is 10.3. The predicted molar refractivity (Wildman–Crippen MR) is 174 cm³/mol. The Morgan fingerprint density at radius 1 is 0.886 bits per heavy atom. The van der Waals surface area contributed by atoms with Crippen LogP contribution in [0.15, 0.2) is 115 Å². The third-order valence-corrected chi connectivity index (χ3v) is 7.07. The summed E-state index contributed by atoms with van der Waals surface area (Å²) in [6.45, 7) is 4.78. The summed E-state index contributed by atoms with van der Waals surface area (Å²) in [5.41, 5.74) is 4.45. The molecule has 0 spiro atoms. The molecule has 1 N–H and O–H groups in total. The molecular formula is C37H38N2O5. The number of nitrogens with one attached hydrogen (secondary N) is 1. The molecule has 7 nitrogen and oxygen atoms in total. The lowest BCUT2D eigenvalue weighted by Crippen LogP contribution is -2.33. The number of hydrogen-bond donors (Lipinski definition) is 1. The van der Waals surface area contributed by atoms with E-state index in [2.05, 4.69) is 5.32 Å². The maximum absolute atomic E-state index is 13.2. The van der Waals surface area contributed by atoms with Crippen LogP contribution in [0.3, 0.4) is 0 Å². The van der Waals surface area contributed by atoms with E-state index in [0.717, 1.165) is 16.8 Å². The second kappa shape index (κ2) is 15.9. The molecule has 1 atom stereocenters. The van der Waals surface area contributed by atoms with Crippen LogP contribution in [0, 0.1) is 6.92 Å². The van der Waals surface area contributed by atoms with Gasteiger partial charge in [-0.15, -0.1) is 0 Å². The fraction of sp³-hybridized carbons (Fsp3) is 0.216. The number of methoxy groups -OCH3 is 1. The summed E-state index contributed by atoms with van der Waals surface area (Å²) in [6, 6.07) is 30.9. The number of anilines is 2. The summed E-state index contributed by atoms with van der Waals surface area (Å²) in [5, 5.41) is 3.24. The smallest absolute Gasteiger partial charge is 0.328 e. The summed E-state index contributed by atoms with van der Waals surface area (Å²) >= 11 is 0. The lowest BCUT2D eigenvalue weighted by Gasteiger charge is -2.22. The molecule has 1 amide bonds. The van der Waals surface area contributed by atoms with Gasteiger partial charge in [-0.3, -0.25) is 9.59 Å². The number of aryl methyl sites for hydroxylation is 1.